The zero-order chi connectivity index (χ0) is 14.4. The number of carbonyl (C=O) groups is 1. The van der Waals surface area contributed by atoms with Crippen molar-refractivity contribution in [2.45, 2.75) is 37.5 Å². The molecule has 0 spiro atoms. The van der Waals surface area contributed by atoms with Crippen LogP contribution in [-0.2, 0) is 6.42 Å². The summed E-state index contributed by atoms with van der Waals surface area (Å²) in [5.74, 6) is -0.104. The van der Waals surface area contributed by atoms with Crippen LogP contribution < -0.4 is 5.32 Å². The zero-order valence-corrected chi connectivity index (χ0v) is 11.7. The van der Waals surface area contributed by atoms with Gasteiger partial charge in [0.15, 0.2) is 0 Å². The summed E-state index contributed by atoms with van der Waals surface area (Å²) >= 11 is 0. The minimum atomic E-state index is -0.546. The van der Waals surface area contributed by atoms with Crippen LogP contribution in [0.3, 0.4) is 0 Å². The van der Waals surface area contributed by atoms with Crippen LogP contribution in [0.1, 0.15) is 46.5 Å². The maximum absolute atomic E-state index is 12.5. The highest BCUT2D eigenvalue weighted by Crippen LogP contribution is 2.36. The Morgan fingerprint density at radius 3 is 2.81 bits per heavy atom. The Kier molecular flexibility index (Phi) is 2.86. The van der Waals surface area contributed by atoms with Crippen molar-refractivity contribution in [3.05, 3.63) is 59.4 Å². The maximum Gasteiger partial charge on any atom is 0.268 e. The number of aliphatic hydroxyl groups is 1. The molecule has 108 valence electrons. The quantitative estimate of drug-likeness (QED) is 0.907. The van der Waals surface area contributed by atoms with Gasteiger partial charge in [0.05, 0.1) is 12.1 Å². The highest BCUT2D eigenvalue weighted by Gasteiger charge is 2.33. The van der Waals surface area contributed by atoms with Crippen molar-refractivity contribution >= 4 is 5.91 Å². The predicted molar refractivity (Wildman–Crippen MR) is 79.1 cm³/mol. The summed E-state index contributed by atoms with van der Waals surface area (Å²) in [5.41, 5.74) is 2.84. The van der Waals surface area contributed by atoms with Crippen molar-refractivity contribution in [1.82, 2.24) is 9.88 Å². The summed E-state index contributed by atoms with van der Waals surface area (Å²) in [6, 6.07) is 11.8. The average molecular weight is 282 g/mol. The van der Waals surface area contributed by atoms with Crippen LogP contribution in [0, 0.1) is 0 Å². The number of carbonyl (C=O) groups excluding carboxylic acids is 1. The fourth-order valence-electron chi connectivity index (χ4n) is 3.22. The third-order valence-electron chi connectivity index (χ3n) is 4.44. The van der Waals surface area contributed by atoms with Gasteiger partial charge in [-0.3, -0.25) is 4.79 Å². The van der Waals surface area contributed by atoms with E-state index >= 15 is 0 Å². The van der Waals surface area contributed by atoms with Gasteiger partial charge in [0.1, 0.15) is 5.69 Å². The Balaban J connectivity index is 1.58. The number of nitrogens with one attached hydrogen (secondary N) is 1. The Morgan fingerprint density at radius 2 is 2.00 bits per heavy atom. The van der Waals surface area contributed by atoms with Gasteiger partial charge in [-0.15, -0.1) is 0 Å². The Labute approximate surface area is 123 Å². The van der Waals surface area contributed by atoms with Gasteiger partial charge >= 0.3 is 0 Å². The second-order valence-electron chi connectivity index (χ2n) is 5.95. The fraction of sp³-hybridized carbons (Fsp3) is 0.353. The molecule has 2 atom stereocenters. The maximum atomic E-state index is 12.5. The zero-order valence-electron chi connectivity index (χ0n) is 11.7. The molecule has 1 fully saturated rings. The summed E-state index contributed by atoms with van der Waals surface area (Å²) in [6.07, 6.45) is 4.31. The van der Waals surface area contributed by atoms with Crippen molar-refractivity contribution < 1.29 is 9.90 Å². The van der Waals surface area contributed by atoms with E-state index in [1.165, 1.54) is 0 Å². The van der Waals surface area contributed by atoms with Crippen LogP contribution in [0.5, 0.6) is 0 Å². The van der Waals surface area contributed by atoms with Gasteiger partial charge in [-0.1, -0.05) is 24.3 Å². The molecule has 0 bridgehead atoms. The molecule has 2 aromatic rings. The number of fused-ring (bicyclic) bond motifs is 1. The van der Waals surface area contributed by atoms with E-state index in [2.05, 4.69) is 5.32 Å². The normalized spacial score (nSPS) is 23.9. The lowest BCUT2D eigenvalue weighted by molar-refractivity contribution is 0.0849. The highest BCUT2D eigenvalue weighted by molar-refractivity contribution is 5.93. The van der Waals surface area contributed by atoms with Gasteiger partial charge < -0.3 is 15.0 Å². The minimum Gasteiger partial charge on any atom is -0.390 e. The number of aromatic nitrogens is 1. The number of rotatable bonds is 3. The molecule has 0 radical (unpaired) electrons. The Bertz CT molecular complexity index is 688. The van der Waals surface area contributed by atoms with Crippen LogP contribution in [0.4, 0.5) is 0 Å². The standard InChI is InChI=1S/C17H18N2O2/c20-15-10-11-4-1-2-5-13(11)16(15)18-17(21)14-6-3-9-19(14)12-7-8-12/h1-6,9,12,15-16,20H,7-8,10H2,(H,18,21). The molecule has 1 amide bonds. The summed E-state index contributed by atoms with van der Waals surface area (Å²) in [6.45, 7) is 0. The first-order valence-electron chi connectivity index (χ1n) is 7.47. The highest BCUT2D eigenvalue weighted by atomic mass is 16.3. The third kappa shape index (κ3) is 2.16. The van der Waals surface area contributed by atoms with Gasteiger partial charge in [0.2, 0.25) is 0 Å². The first-order chi connectivity index (χ1) is 10.2. The number of benzene rings is 1. The van der Waals surface area contributed by atoms with Crippen LogP contribution >= 0.6 is 0 Å². The second kappa shape index (κ2) is 4.74. The molecule has 0 saturated heterocycles. The van der Waals surface area contributed by atoms with Crippen molar-refractivity contribution in [1.29, 1.82) is 0 Å². The van der Waals surface area contributed by atoms with Crippen LogP contribution in [0.25, 0.3) is 0 Å². The van der Waals surface area contributed by atoms with E-state index in [0.29, 0.717) is 18.2 Å². The Hall–Kier alpha value is -2.07. The SMILES string of the molecule is O=C(NC1c2ccccc2CC1O)c1cccn1C1CC1. The molecule has 0 aliphatic heterocycles. The molecule has 4 rings (SSSR count). The predicted octanol–water partition coefficient (Wildman–Crippen LogP) is 2.21. The van der Waals surface area contributed by atoms with E-state index in [9.17, 15) is 9.90 Å². The number of aliphatic hydroxyl groups excluding tert-OH is 1. The van der Waals surface area contributed by atoms with E-state index in [1.54, 1.807) is 0 Å². The summed E-state index contributed by atoms with van der Waals surface area (Å²) in [4.78, 5) is 12.5. The summed E-state index contributed by atoms with van der Waals surface area (Å²) < 4.78 is 2.04. The topological polar surface area (TPSA) is 54.3 Å². The Morgan fingerprint density at radius 1 is 1.19 bits per heavy atom. The molecule has 2 N–H and O–H groups in total. The van der Waals surface area contributed by atoms with Crippen molar-refractivity contribution in [3.8, 4) is 0 Å². The molecule has 2 unspecified atom stereocenters. The number of hydrogen-bond donors (Lipinski definition) is 2. The monoisotopic (exact) mass is 282 g/mol. The molecule has 4 nitrogen and oxygen atoms in total. The van der Waals surface area contributed by atoms with Gasteiger partial charge in [0.25, 0.3) is 5.91 Å². The fourth-order valence-corrected chi connectivity index (χ4v) is 3.22. The van der Waals surface area contributed by atoms with E-state index in [4.69, 9.17) is 0 Å². The summed E-state index contributed by atoms with van der Waals surface area (Å²) in [7, 11) is 0. The lowest BCUT2D eigenvalue weighted by atomic mass is 10.1. The first kappa shape index (κ1) is 12.7. The largest absolute Gasteiger partial charge is 0.390 e. The van der Waals surface area contributed by atoms with Gasteiger partial charge in [-0.25, -0.2) is 0 Å². The molecule has 1 aromatic heterocycles. The number of amides is 1. The van der Waals surface area contributed by atoms with Crippen molar-refractivity contribution in [2.24, 2.45) is 0 Å². The molecule has 4 heteroatoms. The van der Waals surface area contributed by atoms with Gasteiger partial charge in [0, 0.05) is 18.7 Å². The molecule has 1 saturated carbocycles. The average Bonchev–Trinajstić information content (AvgIpc) is 3.13. The van der Waals surface area contributed by atoms with E-state index in [0.717, 1.165) is 24.0 Å². The molecule has 2 aliphatic rings. The van der Waals surface area contributed by atoms with Crippen LogP contribution in [0.15, 0.2) is 42.6 Å². The van der Waals surface area contributed by atoms with E-state index in [-0.39, 0.29) is 11.9 Å². The van der Waals surface area contributed by atoms with E-state index < -0.39 is 6.10 Å². The first-order valence-corrected chi connectivity index (χ1v) is 7.47. The van der Waals surface area contributed by atoms with Crippen LogP contribution in [0.2, 0.25) is 0 Å². The molecule has 1 aromatic carbocycles. The molecule has 1 heterocycles. The van der Waals surface area contributed by atoms with E-state index in [1.807, 2.05) is 47.2 Å². The number of hydrogen-bond acceptors (Lipinski definition) is 2. The number of nitrogens with zero attached hydrogens (tertiary/aromatic N) is 1. The van der Waals surface area contributed by atoms with Crippen molar-refractivity contribution in [2.75, 3.05) is 0 Å². The van der Waals surface area contributed by atoms with Gasteiger partial charge in [-0.2, -0.15) is 0 Å². The van der Waals surface area contributed by atoms with Crippen LogP contribution in [-0.4, -0.2) is 21.7 Å². The molecule has 2 aliphatic carbocycles. The second-order valence-corrected chi connectivity index (χ2v) is 5.95. The molecule has 21 heavy (non-hydrogen) atoms. The minimum absolute atomic E-state index is 0.104. The van der Waals surface area contributed by atoms with Crippen molar-refractivity contribution in [3.63, 3.8) is 0 Å². The lowest BCUT2D eigenvalue weighted by Crippen LogP contribution is -2.34. The lowest BCUT2D eigenvalue weighted by Gasteiger charge is -2.18. The smallest absolute Gasteiger partial charge is 0.268 e. The molecular formula is C17H18N2O2. The van der Waals surface area contributed by atoms with Gasteiger partial charge in [-0.05, 0) is 36.1 Å². The third-order valence-corrected chi connectivity index (χ3v) is 4.44. The molecular weight excluding hydrogens is 264 g/mol. The summed E-state index contributed by atoms with van der Waals surface area (Å²) in [5, 5.41) is 13.2.